The Morgan fingerprint density at radius 2 is 1.19 bits per heavy atom. The summed E-state index contributed by atoms with van der Waals surface area (Å²) in [6, 6.07) is 17.7. The minimum absolute atomic E-state index is 0.446. The molecule has 202 valence electrons. The van der Waals surface area contributed by atoms with Gasteiger partial charge in [-0.25, -0.2) is 0 Å². The van der Waals surface area contributed by atoms with Gasteiger partial charge in [0.05, 0.1) is 24.3 Å². The van der Waals surface area contributed by atoms with E-state index in [1.54, 1.807) is 55.2 Å². The summed E-state index contributed by atoms with van der Waals surface area (Å²) in [5.74, 6) is -0.854. The van der Waals surface area contributed by atoms with Crippen molar-refractivity contribution < 1.29 is 18.8 Å². The molecule has 1 aromatic heterocycles. The number of thiophene rings is 1. The SMILES string of the molecule is CCP(CC)CC.CCP(CC)CC.N#CC(C#N)c1ccc(C(C#N)(C#N)c2cc[c-]s2)cc1.[Cl][Pt+]. The van der Waals surface area contributed by atoms with Crippen molar-refractivity contribution in [3.05, 3.63) is 57.8 Å². The second kappa shape index (κ2) is 23.8. The van der Waals surface area contributed by atoms with E-state index in [9.17, 15) is 10.5 Å². The summed E-state index contributed by atoms with van der Waals surface area (Å²) in [6.45, 7) is 13.7. The van der Waals surface area contributed by atoms with Crippen LogP contribution >= 0.6 is 36.6 Å². The van der Waals surface area contributed by atoms with Gasteiger partial charge < -0.3 is 0 Å². The molecule has 9 heteroatoms. The molecule has 0 saturated carbocycles. The summed E-state index contributed by atoms with van der Waals surface area (Å²) in [4.78, 5) is 0.595. The van der Waals surface area contributed by atoms with Crippen molar-refractivity contribution in [2.45, 2.75) is 52.9 Å². The predicted octanol–water partition coefficient (Wildman–Crippen LogP) is 8.76. The average Bonchev–Trinajstić information content (AvgIpc) is 3.51. The van der Waals surface area contributed by atoms with E-state index in [2.05, 4.69) is 68.5 Å². The fourth-order valence-electron chi connectivity index (χ4n) is 3.29. The zero-order valence-electron chi connectivity index (χ0n) is 22.6. The molecule has 0 atom stereocenters. The van der Waals surface area contributed by atoms with Crippen LogP contribution in [0.5, 0.6) is 0 Å². The molecular weight excluding hydrogens is 717 g/mol. The van der Waals surface area contributed by atoms with Crippen LogP contribution in [0, 0.1) is 50.7 Å². The Kier molecular flexibility index (Phi) is 24.4. The van der Waals surface area contributed by atoms with E-state index in [4.69, 9.17) is 10.5 Å². The summed E-state index contributed by atoms with van der Waals surface area (Å²) in [5.41, 5.74) is -0.328. The third kappa shape index (κ3) is 12.9. The first-order chi connectivity index (χ1) is 17.9. The summed E-state index contributed by atoms with van der Waals surface area (Å²) < 4.78 is 0. The third-order valence-electron chi connectivity index (χ3n) is 5.80. The van der Waals surface area contributed by atoms with Gasteiger partial charge in [0.15, 0.2) is 5.92 Å². The Hall–Kier alpha value is -1.28. The Morgan fingerprint density at radius 3 is 1.43 bits per heavy atom. The van der Waals surface area contributed by atoms with Crippen LogP contribution in [-0.2, 0) is 24.2 Å². The molecule has 0 N–H and O–H groups in total. The molecule has 0 aliphatic carbocycles. The maximum atomic E-state index is 9.49. The molecule has 0 aliphatic rings. The monoisotopic (exact) mass is 753 g/mol. The average molecular weight is 754 g/mol. The van der Waals surface area contributed by atoms with Crippen LogP contribution in [0.3, 0.4) is 0 Å². The third-order valence-corrected chi connectivity index (χ3v) is 12.1. The molecule has 0 radical (unpaired) electrons. The molecule has 2 rings (SSSR count). The summed E-state index contributed by atoms with van der Waals surface area (Å²) in [6.07, 6.45) is 8.51. The second-order valence-corrected chi connectivity index (χ2v) is 14.8. The summed E-state index contributed by atoms with van der Waals surface area (Å²) in [5, 5.41) is 39.6. The topological polar surface area (TPSA) is 95.2 Å². The summed E-state index contributed by atoms with van der Waals surface area (Å²) >= 11 is 2.83. The zero-order valence-corrected chi connectivity index (χ0v) is 28.2. The first-order valence-electron chi connectivity index (χ1n) is 12.2. The van der Waals surface area contributed by atoms with Crippen molar-refractivity contribution in [3.63, 3.8) is 0 Å². The van der Waals surface area contributed by atoms with E-state index in [0.717, 1.165) is 0 Å². The van der Waals surface area contributed by atoms with Gasteiger partial charge in [-0.2, -0.15) is 33.2 Å². The molecule has 0 fully saturated rings. The van der Waals surface area contributed by atoms with E-state index < -0.39 is 11.3 Å². The second-order valence-electron chi connectivity index (χ2n) is 7.44. The molecule has 1 aromatic carbocycles. The van der Waals surface area contributed by atoms with Crippen LogP contribution in [0.25, 0.3) is 0 Å². The van der Waals surface area contributed by atoms with Crippen LogP contribution in [-0.4, -0.2) is 37.0 Å². The van der Waals surface area contributed by atoms with Crippen LogP contribution < -0.4 is 0 Å². The van der Waals surface area contributed by atoms with Gasteiger partial charge >= 0.3 is 28.2 Å². The van der Waals surface area contributed by atoms with E-state index in [-0.39, 0.29) is 0 Å². The predicted molar refractivity (Wildman–Crippen MR) is 159 cm³/mol. The fraction of sp³-hybridized carbons (Fsp3) is 0.500. The molecule has 1 heterocycles. The van der Waals surface area contributed by atoms with E-state index in [1.807, 2.05) is 12.1 Å². The molecule has 37 heavy (non-hydrogen) atoms. The number of nitriles is 4. The van der Waals surface area contributed by atoms with Gasteiger partial charge in [-0.05, 0) is 48.1 Å². The van der Waals surface area contributed by atoms with Crippen molar-refractivity contribution in [1.82, 2.24) is 0 Å². The van der Waals surface area contributed by atoms with Crippen LogP contribution in [0.4, 0.5) is 0 Å². The molecule has 2 aromatic rings. The normalized spacial score (nSPS) is 9.84. The molecule has 0 saturated heterocycles. The van der Waals surface area contributed by atoms with Crippen LogP contribution in [0.15, 0.2) is 36.4 Å². The van der Waals surface area contributed by atoms with Crippen molar-refractivity contribution >= 4 is 36.6 Å². The Labute approximate surface area is 247 Å². The zero-order chi connectivity index (χ0) is 28.7. The first-order valence-corrected chi connectivity index (χ1v) is 19.6. The quantitative estimate of drug-likeness (QED) is 0.189. The van der Waals surface area contributed by atoms with Gasteiger partial charge in [0.25, 0.3) is 0 Å². The number of hydrogen-bond acceptors (Lipinski definition) is 5. The minimum atomic E-state index is -1.39. The van der Waals surface area contributed by atoms with Gasteiger partial charge in [0.1, 0.15) is 5.41 Å². The summed E-state index contributed by atoms with van der Waals surface area (Å²) in [7, 11) is 5.50. The van der Waals surface area contributed by atoms with Crippen molar-refractivity contribution in [2.24, 2.45) is 0 Å². The fourth-order valence-corrected chi connectivity index (χ4v) is 6.74. The number of benzene rings is 1. The van der Waals surface area contributed by atoms with Crippen LogP contribution in [0.2, 0.25) is 0 Å². The van der Waals surface area contributed by atoms with Gasteiger partial charge in [0, 0.05) is 0 Å². The Bertz CT molecular complexity index is 946. The van der Waals surface area contributed by atoms with Crippen LogP contribution in [0.1, 0.15) is 63.5 Å². The number of nitrogens with zero attached hydrogens (tertiary/aromatic N) is 4. The number of halogens is 1. The first kappa shape index (κ1) is 37.9. The van der Waals surface area contributed by atoms with Crippen molar-refractivity contribution in [3.8, 4) is 24.3 Å². The van der Waals surface area contributed by atoms with Gasteiger partial charge in [-0.15, -0.1) is 26.1 Å². The molecule has 0 bridgehead atoms. The molecule has 0 spiro atoms. The van der Waals surface area contributed by atoms with Crippen molar-refractivity contribution in [1.29, 1.82) is 21.0 Å². The Balaban J connectivity index is 0. The van der Waals surface area contributed by atoms with E-state index in [1.165, 1.54) is 48.3 Å². The van der Waals surface area contributed by atoms with E-state index >= 15 is 0 Å². The maximum absolute atomic E-state index is 9.49. The van der Waals surface area contributed by atoms with Gasteiger partial charge in [0.2, 0.25) is 0 Å². The molecule has 0 aliphatic heterocycles. The van der Waals surface area contributed by atoms with E-state index in [0.29, 0.717) is 31.8 Å². The number of hydrogen-bond donors (Lipinski definition) is 0. The van der Waals surface area contributed by atoms with Gasteiger partial charge in [-0.3, -0.25) is 11.3 Å². The standard InChI is InChI=1S/C16H7N4S.2C6H15P.ClH.Pt/c17-8-13(9-18)12-3-5-14(6-4-12)16(10-19,11-20)15-2-1-7-21-15;2*1-4-7(5-2)6-3;;/h1-6,13H;2*4-6H2,1-3H3;1H;/q-1;;;;+2/p-1. The Morgan fingerprint density at radius 1 is 0.784 bits per heavy atom. The number of rotatable bonds is 9. The molecule has 0 amide bonds. The van der Waals surface area contributed by atoms with Crippen molar-refractivity contribution in [2.75, 3.05) is 37.0 Å². The molecular formula is C28H37ClN4P2PtS. The molecule has 4 nitrogen and oxygen atoms in total. The molecule has 0 unspecified atom stereocenters. The van der Waals surface area contributed by atoms with Gasteiger partial charge in [-0.1, -0.05) is 65.8 Å².